The summed E-state index contributed by atoms with van der Waals surface area (Å²) in [4.78, 5) is 12.8. The molecule has 0 aliphatic carbocycles. The fraction of sp³-hybridized carbons (Fsp3) is 0.316. The van der Waals surface area contributed by atoms with Gasteiger partial charge in [0.05, 0.1) is 10.6 Å². The fourth-order valence-electron chi connectivity index (χ4n) is 2.64. The second kappa shape index (κ2) is 8.33. The molecule has 0 fully saturated rings. The maximum atomic E-state index is 12.8. The van der Waals surface area contributed by atoms with E-state index >= 15 is 0 Å². The van der Waals surface area contributed by atoms with Crippen LogP contribution in [0.2, 0.25) is 0 Å². The van der Waals surface area contributed by atoms with Gasteiger partial charge in [-0.1, -0.05) is 26.0 Å². The molecule has 26 heavy (non-hydrogen) atoms. The van der Waals surface area contributed by atoms with E-state index in [2.05, 4.69) is 21.2 Å². The fourth-order valence-corrected chi connectivity index (χ4v) is 4.94. The second-order valence-corrected chi connectivity index (χ2v) is 8.77. The molecule has 0 spiro atoms. The quantitative estimate of drug-likeness (QED) is 0.728. The van der Waals surface area contributed by atoms with Crippen molar-refractivity contribution in [3.63, 3.8) is 0 Å². The Hall–Kier alpha value is -1.70. The van der Waals surface area contributed by atoms with Crippen LogP contribution >= 0.6 is 15.9 Å². The summed E-state index contributed by atoms with van der Waals surface area (Å²) in [5.74, 6) is -0.356. The van der Waals surface area contributed by atoms with Gasteiger partial charge in [0, 0.05) is 23.1 Å². The molecule has 2 aromatic carbocycles. The highest BCUT2D eigenvalue weighted by atomic mass is 79.9. The molecule has 0 bridgehead atoms. The van der Waals surface area contributed by atoms with Gasteiger partial charge in [-0.25, -0.2) is 8.42 Å². The van der Waals surface area contributed by atoms with E-state index in [1.165, 1.54) is 10.4 Å². The molecular weight excluding hydrogens is 416 g/mol. The third-order valence-electron chi connectivity index (χ3n) is 4.15. The maximum absolute atomic E-state index is 12.8. The van der Waals surface area contributed by atoms with Crippen molar-refractivity contribution in [3.8, 4) is 0 Å². The molecule has 0 heterocycles. The summed E-state index contributed by atoms with van der Waals surface area (Å²) in [7, 11) is -3.63. The maximum Gasteiger partial charge on any atom is 0.255 e. The average Bonchev–Trinajstić information content (AvgIpc) is 2.58. The smallest absolute Gasteiger partial charge is 0.255 e. The largest absolute Gasteiger partial charge is 0.321 e. The monoisotopic (exact) mass is 438 g/mol. The number of nitrogens with one attached hydrogen (secondary N) is 1. The lowest BCUT2D eigenvalue weighted by molar-refractivity contribution is 0.102. The lowest BCUT2D eigenvalue weighted by Crippen LogP contribution is -2.31. The highest BCUT2D eigenvalue weighted by Crippen LogP contribution is 2.25. The first-order valence-electron chi connectivity index (χ1n) is 8.39. The Morgan fingerprint density at radius 1 is 1.08 bits per heavy atom. The third kappa shape index (κ3) is 4.34. The number of amides is 1. The van der Waals surface area contributed by atoms with Crippen LogP contribution in [0, 0.1) is 13.8 Å². The lowest BCUT2D eigenvalue weighted by Gasteiger charge is -2.20. The van der Waals surface area contributed by atoms with Gasteiger partial charge < -0.3 is 5.32 Å². The molecule has 0 radical (unpaired) electrons. The predicted molar refractivity (Wildman–Crippen MR) is 108 cm³/mol. The lowest BCUT2D eigenvalue weighted by atomic mass is 10.1. The third-order valence-corrected chi connectivity index (χ3v) is 6.99. The number of hydrogen-bond acceptors (Lipinski definition) is 3. The Morgan fingerprint density at radius 3 is 2.31 bits per heavy atom. The Morgan fingerprint density at radius 2 is 1.73 bits per heavy atom. The van der Waals surface area contributed by atoms with Gasteiger partial charge in [0.15, 0.2) is 0 Å². The SMILES string of the molecule is CCN(CC)S(=O)(=O)c1cc(C(=O)Nc2ccc(C)cc2Br)ccc1C. The molecule has 2 aromatic rings. The highest BCUT2D eigenvalue weighted by Gasteiger charge is 2.24. The number of aryl methyl sites for hydroxylation is 2. The van der Waals surface area contributed by atoms with Crippen molar-refractivity contribution in [2.45, 2.75) is 32.6 Å². The van der Waals surface area contributed by atoms with Crippen LogP contribution in [0.15, 0.2) is 45.8 Å². The molecule has 0 saturated heterocycles. The standard InChI is InChI=1S/C19H23BrN2O3S/c1-5-22(6-2)26(24,25)18-12-15(9-8-14(18)4)19(23)21-17-10-7-13(3)11-16(17)20/h7-12H,5-6H2,1-4H3,(H,21,23). The van der Waals surface area contributed by atoms with Crippen molar-refractivity contribution in [2.75, 3.05) is 18.4 Å². The van der Waals surface area contributed by atoms with E-state index in [9.17, 15) is 13.2 Å². The molecule has 140 valence electrons. The van der Waals surface area contributed by atoms with Gasteiger partial charge >= 0.3 is 0 Å². The van der Waals surface area contributed by atoms with Crippen LogP contribution in [0.4, 0.5) is 5.69 Å². The van der Waals surface area contributed by atoms with Gasteiger partial charge in [-0.3, -0.25) is 4.79 Å². The van der Waals surface area contributed by atoms with Gasteiger partial charge in [0.2, 0.25) is 10.0 Å². The van der Waals surface area contributed by atoms with Gasteiger partial charge in [0.25, 0.3) is 5.91 Å². The number of sulfonamides is 1. The van der Waals surface area contributed by atoms with E-state index in [1.807, 2.05) is 19.1 Å². The summed E-state index contributed by atoms with van der Waals surface area (Å²) in [5.41, 5.74) is 2.62. The molecule has 0 aliphatic rings. The molecule has 7 heteroatoms. The first-order chi connectivity index (χ1) is 12.2. The summed E-state index contributed by atoms with van der Waals surface area (Å²) in [6, 6.07) is 10.3. The Labute approximate surface area is 163 Å². The topological polar surface area (TPSA) is 66.5 Å². The van der Waals surface area contributed by atoms with Crippen molar-refractivity contribution >= 4 is 37.5 Å². The number of hydrogen-bond donors (Lipinski definition) is 1. The number of nitrogens with zero attached hydrogens (tertiary/aromatic N) is 1. The number of halogens is 1. The molecule has 5 nitrogen and oxygen atoms in total. The van der Waals surface area contributed by atoms with Gasteiger partial charge in [0.1, 0.15) is 0 Å². The van der Waals surface area contributed by atoms with Crippen molar-refractivity contribution in [2.24, 2.45) is 0 Å². The normalized spacial score (nSPS) is 11.6. The van der Waals surface area contributed by atoms with E-state index < -0.39 is 10.0 Å². The van der Waals surface area contributed by atoms with Crippen LogP contribution in [0.5, 0.6) is 0 Å². The molecule has 0 atom stereocenters. The first kappa shape index (κ1) is 20.6. The summed E-state index contributed by atoms with van der Waals surface area (Å²) in [5, 5.41) is 2.81. The van der Waals surface area contributed by atoms with E-state index in [0.717, 1.165) is 10.0 Å². The minimum absolute atomic E-state index is 0.164. The van der Waals surface area contributed by atoms with Crippen LogP contribution in [0.25, 0.3) is 0 Å². The Balaban J connectivity index is 2.38. The summed E-state index contributed by atoms with van der Waals surface area (Å²) in [6.07, 6.45) is 0. The van der Waals surface area contributed by atoms with Crippen molar-refractivity contribution in [1.82, 2.24) is 4.31 Å². The zero-order valence-electron chi connectivity index (χ0n) is 15.3. The summed E-state index contributed by atoms with van der Waals surface area (Å²) >= 11 is 3.43. The van der Waals surface area contributed by atoms with Crippen LogP contribution in [-0.4, -0.2) is 31.7 Å². The highest BCUT2D eigenvalue weighted by molar-refractivity contribution is 9.10. The van der Waals surface area contributed by atoms with Crippen molar-refractivity contribution < 1.29 is 13.2 Å². The second-order valence-electron chi connectivity index (χ2n) is 6.01. The molecule has 0 aromatic heterocycles. The Bertz CT molecular complexity index is 922. The molecule has 1 amide bonds. The van der Waals surface area contributed by atoms with Crippen LogP contribution in [0.1, 0.15) is 35.3 Å². The van der Waals surface area contributed by atoms with Crippen molar-refractivity contribution in [1.29, 1.82) is 0 Å². The summed E-state index contributed by atoms with van der Waals surface area (Å²) in [6.45, 7) is 8.04. The minimum atomic E-state index is -3.63. The molecule has 0 aliphatic heterocycles. The van der Waals surface area contributed by atoms with Gasteiger partial charge in [-0.05, 0) is 65.2 Å². The van der Waals surface area contributed by atoms with Gasteiger partial charge in [-0.15, -0.1) is 0 Å². The van der Waals surface area contributed by atoms with Gasteiger partial charge in [-0.2, -0.15) is 4.31 Å². The Kier molecular flexibility index (Phi) is 6.60. The number of rotatable bonds is 6. The average molecular weight is 439 g/mol. The molecule has 0 unspecified atom stereocenters. The van der Waals surface area contributed by atoms with Crippen molar-refractivity contribution in [3.05, 3.63) is 57.6 Å². The minimum Gasteiger partial charge on any atom is -0.321 e. The number of carbonyl (C=O) groups is 1. The number of carbonyl (C=O) groups excluding carboxylic acids is 1. The molecule has 1 N–H and O–H groups in total. The molecule has 2 rings (SSSR count). The zero-order chi connectivity index (χ0) is 19.5. The van der Waals surface area contributed by atoms with E-state index in [4.69, 9.17) is 0 Å². The molecule has 0 saturated carbocycles. The van der Waals surface area contributed by atoms with Crippen LogP contribution < -0.4 is 5.32 Å². The summed E-state index contributed by atoms with van der Waals surface area (Å²) < 4.78 is 27.8. The molecular formula is C19H23BrN2O3S. The van der Waals surface area contributed by atoms with Crippen LogP contribution in [-0.2, 0) is 10.0 Å². The van der Waals surface area contributed by atoms with Crippen LogP contribution in [0.3, 0.4) is 0 Å². The number of anilines is 1. The van der Waals surface area contributed by atoms with E-state index in [0.29, 0.717) is 29.9 Å². The van der Waals surface area contributed by atoms with E-state index in [-0.39, 0.29) is 10.8 Å². The predicted octanol–water partition coefficient (Wildman–Crippen LogP) is 4.35. The number of benzene rings is 2. The van der Waals surface area contributed by atoms with E-state index in [1.54, 1.807) is 39.0 Å². The zero-order valence-corrected chi connectivity index (χ0v) is 17.7. The first-order valence-corrected chi connectivity index (χ1v) is 10.6.